The smallest absolute Gasteiger partial charge is 0.0756 e. The molecular weight excluding hydrogens is 128 g/mol. The van der Waals surface area contributed by atoms with Gasteiger partial charge >= 0.3 is 0 Å². The summed E-state index contributed by atoms with van der Waals surface area (Å²) < 4.78 is 5.56. The van der Waals surface area contributed by atoms with Crippen molar-refractivity contribution in [1.29, 1.82) is 0 Å². The van der Waals surface area contributed by atoms with Gasteiger partial charge in [0.25, 0.3) is 0 Å². The average molecular weight is 142 g/mol. The molecule has 0 radical (unpaired) electrons. The zero-order chi connectivity index (χ0) is 6.97. The standard InChI is InChI=1S/C7H14N2O/c1-8-6-4-10-7-3-9-2-5(6)7/h5-9H,2-4H2,1H3. The maximum Gasteiger partial charge on any atom is 0.0756 e. The lowest BCUT2D eigenvalue weighted by Gasteiger charge is -2.13. The lowest BCUT2D eigenvalue weighted by atomic mass is 10.0. The minimum atomic E-state index is 0.484. The van der Waals surface area contributed by atoms with Crippen LogP contribution in [0.15, 0.2) is 0 Å². The van der Waals surface area contributed by atoms with E-state index in [1.54, 1.807) is 0 Å². The van der Waals surface area contributed by atoms with E-state index in [0.29, 0.717) is 18.1 Å². The first-order valence-electron chi connectivity index (χ1n) is 3.91. The van der Waals surface area contributed by atoms with Crippen molar-refractivity contribution in [1.82, 2.24) is 10.6 Å². The van der Waals surface area contributed by atoms with Gasteiger partial charge in [-0.05, 0) is 7.05 Å². The fraction of sp³-hybridized carbons (Fsp3) is 1.00. The van der Waals surface area contributed by atoms with E-state index in [0.717, 1.165) is 19.7 Å². The average Bonchev–Trinajstić information content (AvgIpc) is 2.44. The van der Waals surface area contributed by atoms with Crippen LogP contribution in [0.4, 0.5) is 0 Å². The van der Waals surface area contributed by atoms with Crippen LogP contribution in [0.1, 0.15) is 0 Å². The Bertz CT molecular complexity index is 129. The Hall–Kier alpha value is -0.120. The van der Waals surface area contributed by atoms with E-state index in [4.69, 9.17) is 4.74 Å². The van der Waals surface area contributed by atoms with E-state index in [9.17, 15) is 0 Å². The second-order valence-electron chi connectivity index (χ2n) is 3.09. The quantitative estimate of drug-likeness (QED) is 0.502. The molecule has 3 nitrogen and oxygen atoms in total. The van der Waals surface area contributed by atoms with Gasteiger partial charge in [-0.15, -0.1) is 0 Å². The SMILES string of the molecule is CNC1COC2CNCC12. The van der Waals surface area contributed by atoms with Gasteiger partial charge in [0, 0.05) is 25.0 Å². The molecule has 2 fully saturated rings. The number of hydrogen-bond acceptors (Lipinski definition) is 3. The van der Waals surface area contributed by atoms with Crippen molar-refractivity contribution in [3.63, 3.8) is 0 Å². The normalized spacial score (nSPS) is 45.9. The molecule has 58 valence electrons. The van der Waals surface area contributed by atoms with Crippen molar-refractivity contribution >= 4 is 0 Å². The number of hydrogen-bond donors (Lipinski definition) is 2. The van der Waals surface area contributed by atoms with Crippen molar-refractivity contribution in [2.75, 3.05) is 26.7 Å². The van der Waals surface area contributed by atoms with E-state index >= 15 is 0 Å². The Morgan fingerprint density at radius 2 is 2.40 bits per heavy atom. The summed E-state index contributed by atoms with van der Waals surface area (Å²) in [7, 11) is 2.01. The van der Waals surface area contributed by atoms with Crippen molar-refractivity contribution in [3.05, 3.63) is 0 Å². The summed E-state index contributed by atoms with van der Waals surface area (Å²) in [6.07, 6.45) is 0.484. The molecule has 2 saturated heterocycles. The highest BCUT2D eigenvalue weighted by Crippen LogP contribution is 2.23. The van der Waals surface area contributed by atoms with Gasteiger partial charge in [0.2, 0.25) is 0 Å². The highest BCUT2D eigenvalue weighted by molar-refractivity contribution is 4.94. The second kappa shape index (κ2) is 2.49. The monoisotopic (exact) mass is 142 g/mol. The molecular formula is C7H14N2O. The molecule has 2 aliphatic heterocycles. The van der Waals surface area contributed by atoms with Crippen LogP contribution in [0, 0.1) is 5.92 Å². The first-order chi connectivity index (χ1) is 4.92. The predicted molar refractivity (Wildman–Crippen MR) is 38.9 cm³/mol. The van der Waals surface area contributed by atoms with Gasteiger partial charge in [-0.25, -0.2) is 0 Å². The molecule has 2 aliphatic rings. The third kappa shape index (κ3) is 0.856. The van der Waals surface area contributed by atoms with Gasteiger partial charge in [-0.1, -0.05) is 0 Å². The summed E-state index contributed by atoms with van der Waals surface area (Å²) in [5.74, 6) is 0.713. The maximum absolute atomic E-state index is 5.56. The molecule has 0 spiro atoms. The summed E-state index contributed by atoms with van der Waals surface area (Å²) in [4.78, 5) is 0. The van der Waals surface area contributed by atoms with Crippen LogP contribution in [0.3, 0.4) is 0 Å². The van der Waals surface area contributed by atoms with E-state index < -0.39 is 0 Å². The highest BCUT2D eigenvalue weighted by Gasteiger charge is 2.39. The summed E-state index contributed by atoms with van der Waals surface area (Å²) in [5.41, 5.74) is 0. The summed E-state index contributed by atoms with van der Waals surface area (Å²) in [6.45, 7) is 3.06. The van der Waals surface area contributed by atoms with Crippen molar-refractivity contribution < 1.29 is 4.74 Å². The second-order valence-corrected chi connectivity index (χ2v) is 3.09. The van der Waals surface area contributed by atoms with Gasteiger partial charge in [0.05, 0.1) is 12.7 Å². The van der Waals surface area contributed by atoms with Crippen LogP contribution in [0.5, 0.6) is 0 Å². The molecule has 0 saturated carbocycles. The lowest BCUT2D eigenvalue weighted by Crippen LogP contribution is -2.35. The molecule has 10 heavy (non-hydrogen) atoms. The number of rotatable bonds is 1. The van der Waals surface area contributed by atoms with E-state index in [-0.39, 0.29) is 0 Å². The fourth-order valence-electron chi connectivity index (χ4n) is 1.91. The van der Waals surface area contributed by atoms with E-state index in [1.807, 2.05) is 7.05 Å². The van der Waals surface area contributed by atoms with Crippen LogP contribution in [0.25, 0.3) is 0 Å². The topological polar surface area (TPSA) is 33.3 Å². The molecule has 3 atom stereocenters. The third-order valence-corrected chi connectivity index (χ3v) is 2.58. The zero-order valence-corrected chi connectivity index (χ0v) is 6.26. The molecule has 3 heteroatoms. The Morgan fingerprint density at radius 1 is 1.50 bits per heavy atom. The summed E-state index contributed by atoms with van der Waals surface area (Å²) in [6, 6.07) is 0.583. The minimum Gasteiger partial charge on any atom is -0.375 e. The van der Waals surface area contributed by atoms with Gasteiger partial charge in [-0.3, -0.25) is 0 Å². The largest absolute Gasteiger partial charge is 0.375 e. The molecule has 0 aromatic carbocycles. The van der Waals surface area contributed by atoms with Gasteiger partial charge in [-0.2, -0.15) is 0 Å². The number of fused-ring (bicyclic) bond motifs is 1. The molecule has 3 unspecified atom stereocenters. The zero-order valence-electron chi connectivity index (χ0n) is 6.26. The van der Waals surface area contributed by atoms with Crippen LogP contribution in [-0.2, 0) is 4.74 Å². The molecule has 2 N–H and O–H groups in total. The molecule has 0 bridgehead atoms. The molecule has 0 aromatic heterocycles. The number of nitrogens with one attached hydrogen (secondary N) is 2. The van der Waals surface area contributed by atoms with Crippen LogP contribution in [-0.4, -0.2) is 38.9 Å². The number of likely N-dealkylation sites (N-methyl/N-ethyl adjacent to an activating group) is 1. The van der Waals surface area contributed by atoms with Crippen molar-refractivity contribution in [2.45, 2.75) is 12.1 Å². The maximum atomic E-state index is 5.56. The Morgan fingerprint density at radius 3 is 3.20 bits per heavy atom. The summed E-state index contributed by atoms with van der Waals surface area (Å²) >= 11 is 0. The van der Waals surface area contributed by atoms with E-state index in [1.165, 1.54) is 0 Å². The number of ether oxygens (including phenoxy) is 1. The molecule has 0 aliphatic carbocycles. The van der Waals surface area contributed by atoms with Crippen LogP contribution >= 0.6 is 0 Å². The molecule has 0 aromatic rings. The molecule has 2 rings (SSSR count). The molecule has 0 amide bonds. The first kappa shape index (κ1) is 6.58. The third-order valence-electron chi connectivity index (χ3n) is 2.58. The van der Waals surface area contributed by atoms with Gasteiger partial charge in [0.1, 0.15) is 0 Å². The highest BCUT2D eigenvalue weighted by atomic mass is 16.5. The van der Waals surface area contributed by atoms with Crippen LogP contribution in [0.2, 0.25) is 0 Å². The molecule has 2 heterocycles. The first-order valence-corrected chi connectivity index (χ1v) is 3.91. The van der Waals surface area contributed by atoms with Gasteiger partial charge < -0.3 is 15.4 Å². The van der Waals surface area contributed by atoms with E-state index in [2.05, 4.69) is 10.6 Å². The Balaban J connectivity index is 2.01. The fourth-order valence-corrected chi connectivity index (χ4v) is 1.91. The summed E-state index contributed by atoms with van der Waals surface area (Å²) in [5, 5.41) is 6.59. The predicted octanol–water partition coefficient (Wildman–Crippen LogP) is -0.807. The van der Waals surface area contributed by atoms with Gasteiger partial charge in [0.15, 0.2) is 0 Å². The van der Waals surface area contributed by atoms with Crippen LogP contribution < -0.4 is 10.6 Å². The Kier molecular flexibility index (Phi) is 1.64. The van der Waals surface area contributed by atoms with Crippen molar-refractivity contribution in [3.8, 4) is 0 Å². The minimum absolute atomic E-state index is 0.484. The van der Waals surface area contributed by atoms with Crippen molar-refractivity contribution in [2.24, 2.45) is 5.92 Å². The lowest BCUT2D eigenvalue weighted by molar-refractivity contribution is 0.111. The Labute approximate surface area is 61.1 Å².